The molecule has 1 unspecified atom stereocenters. The van der Waals surface area contributed by atoms with Crippen LogP contribution in [0, 0.1) is 19.7 Å². The van der Waals surface area contributed by atoms with E-state index in [-0.39, 0.29) is 5.82 Å². The van der Waals surface area contributed by atoms with Crippen molar-refractivity contribution >= 4 is 0 Å². The molecular weight excluding hydrogens is 249 g/mol. The van der Waals surface area contributed by atoms with E-state index in [0.29, 0.717) is 0 Å². The molecule has 0 aliphatic heterocycles. The first-order valence-corrected chi connectivity index (χ1v) is 7.05. The molecule has 2 aromatic rings. The number of rotatable bonds is 4. The molecule has 1 atom stereocenters. The van der Waals surface area contributed by atoms with E-state index < -0.39 is 5.54 Å². The van der Waals surface area contributed by atoms with E-state index in [0.717, 1.165) is 18.4 Å². The van der Waals surface area contributed by atoms with Crippen LogP contribution >= 0.6 is 0 Å². The minimum absolute atomic E-state index is 0.230. The van der Waals surface area contributed by atoms with Crippen LogP contribution in [0.2, 0.25) is 0 Å². The zero-order chi connectivity index (χ0) is 14.8. The predicted octanol–water partition coefficient (Wildman–Crippen LogP) is 4.25. The third kappa shape index (κ3) is 3.26. The number of aryl methyl sites for hydroxylation is 2. The number of halogens is 1. The minimum Gasteiger partial charge on any atom is -0.321 e. The SMILES string of the molecule is CCC(N)(Cc1cc(C)cc(C)c1)c1cccc(F)c1. The maximum Gasteiger partial charge on any atom is 0.123 e. The van der Waals surface area contributed by atoms with Crippen LogP contribution in [-0.2, 0) is 12.0 Å². The van der Waals surface area contributed by atoms with Crippen molar-refractivity contribution in [2.75, 3.05) is 0 Å². The molecule has 0 heterocycles. The summed E-state index contributed by atoms with van der Waals surface area (Å²) in [4.78, 5) is 0. The van der Waals surface area contributed by atoms with Gasteiger partial charge in [-0.3, -0.25) is 0 Å². The second-order valence-corrected chi connectivity index (χ2v) is 5.69. The van der Waals surface area contributed by atoms with Gasteiger partial charge in [-0.05, 0) is 49.9 Å². The molecule has 106 valence electrons. The lowest BCUT2D eigenvalue weighted by Crippen LogP contribution is -2.38. The maximum absolute atomic E-state index is 13.4. The van der Waals surface area contributed by atoms with Gasteiger partial charge < -0.3 is 5.73 Å². The van der Waals surface area contributed by atoms with Crippen molar-refractivity contribution in [2.45, 2.75) is 39.2 Å². The lowest BCUT2D eigenvalue weighted by atomic mass is 9.82. The zero-order valence-electron chi connectivity index (χ0n) is 12.4. The summed E-state index contributed by atoms with van der Waals surface area (Å²) in [5.41, 5.74) is 10.6. The first kappa shape index (κ1) is 14.7. The van der Waals surface area contributed by atoms with Gasteiger partial charge in [-0.1, -0.05) is 48.4 Å². The Morgan fingerprint density at radius 3 is 2.25 bits per heavy atom. The molecule has 0 fully saturated rings. The topological polar surface area (TPSA) is 26.0 Å². The number of hydrogen-bond acceptors (Lipinski definition) is 1. The fourth-order valence-electron chi connectivity index (χ4n) is 2.76. The third-order valence-electron chi connectivity index (χ3n) is 3.83. The highest BCUT2D eigenvalue weighted by molar-refractivity contribution is 5.33. The number of hydrogen-bond donors (Lipinski definition) is 1. The van der Waals surface area contributed by atoms with Crippen molar-refractivity contribution in [2.24, 2.45) is 5.73 Å². The molecule has 0 saturated heterocycles. The third-order valence-corrected chi connectivity index (χ3v) is 3.83. The average molecular weight is 271 g/mol. The highest BCUT2D eigenvalue weighted by Gasteiger charge is 2.26. The Labute approximate surface area is 120 Å². The Kier molecular flexibility index (Phi) is 4.24. The summed E-state index contributed by atoms with van der Waals surface area (Å²) < 4.78 is 13.4. The van der Waals surface area contributed by atoms with E-state index in [4.69, 9.17) is 5.73 Å². The molecule has 0 aromatic heterocycles. The van der Waals surface area contributed by atoms with Gasteiger partial charge in [-0.2, -0.15) is 0 Å². The van der Waals surface area contributed by atoms with Gasteiger partial charge in [-0.25, -0.2) is 4.39 Å². The maximum atomic E-state index is 13.4. The molecule has 0 amide bonds. The van der Waals surface area contributed by atoms with Crippen LogP contribution in [0.3, 0.4) is 0 Å². The van der Waals surface area contributed by atoms with Gasteiger partial charge in [0.1, 0.15) is 5.82 Å². The quantitative estimate of drug-likeness (QED) is 0.884. The Morgan fingerprint density at radius 2 is 1.70 bits per heavy atom. The molecule has 2 N–H and O–H groups in total. The van der Waals surface area contributed by atoms with Crippen LogP contribution in [0.4, 0.5) is 4.39 Å². The van der Waals surface area contributed by atoms with Crippen molar-refractivity contribution in [1.82, 2.24) is 0 Å². The van der Waals surface area contributed by atoms with Crippen LogP contribution in [0.25, 0.3) is 0 Å². The predicted molar refractivity (Wildman–Crippen MR) is 82.2 cm³/mol. The fourth-order valence-corrected chi connectivity index (χ4v) is 2.76. The summed E-state index contributed by atoms with van der Waals surface area (Å²) in [5, 5.41) is 0. The molecule has 1 nitrogen and oxygen atoms in total. The van der Waals surface area contributed by atoms with E-state index in [1.165, 1.54) is 22.8 Å². The summed E-state index contributed by atoms with van der Waals surface area (Å²) >= 11 is 0. The lowest BCUT2D eigenvalue weighted by Gasteiger charge is -2.29. The first-order chi connectivity index (χ1) is 9.43. The van der Waals surface area contributed by atoms with Gasteiger partial charge in [-0.15, -0.1) is 0 Å². The zero-order valence-corrected chi connectivity index (χ0v) is 12.4. The Bertz CT molecular complexity index is 586. The van der Waals surface area contributed by atoms with Gasteiger partial charge >= 0.3 is 0 Å². The molecular formula is C18H22FN. The van der Waals surface area contributed by atoms with Gasteiger partial charge in [0.25, 0.3) is 0 Å². The molecule has 0 aliphatic rings. The van der Waals surface area contributed by atoms with Gasteiger partial charge in [0, 0.05) is 5.54 Å². The van der Waals surface area contributed by atoms with Crippen LogP contribution in [0.15, 0.2) is 42.5 Å². The van der Waals surface area contributed by atoms with Gasteiger partial charge in [0.2, 0.25) is 0 Å². The summed E-state index contributed by atoms with van der Waals surface area (Å²) in [7, 11) is 0. The first-order valence-electron chi connectivity index (χ1n) is 7.05. The van der Waals surface area contributed by atoms with Crippen molar-refractivity contribution < 1.29 is 4.39 Å². The molecule has 2 heteroatoms. The highest BCUT2D eigenvalue weighted by atomic mass is 19.1. The lowest BCUT2D eigenvalue weighted by molar-refractivity contribution is 0.422. The Hall–Kier alpha value is -1.67. The van der Waals surface area contributed by atoms with Crippen LogP contribution < -0.4 is 5.73 Å². The molecule has 2 aromatic carbocycles. The summed E-state index contributed by atoms with van der Waals surface area (Å²) in [6.07, 6.45) is 1.49. The van der Waals surface area contributed by atoms with E-state index >= 15 is 0 Å². The molecule has 0 radical (unpaired) electrons. The highest BCUT2D eigenvalue weighted by Crippen LogP contribution is 2.28. The van der Waals surface area contributed by atoms with Crippen molar-refractivity contribution in [1.29, 1.82) is 0 Å². The summed E-state index contributed by atoms with van der Waals surface area (Å²) in [5.74, 6) is -0.230. The van der Waals surface area contributed by atoms with E-state index in [2.05, 4.69) is 32.0 Å². The summed E-state index contributed by atoms with van der Waals surface area (Å²) in [6, 6.07) is 13.1. The molecule has 2 rings (SSSR count). The van der Waals surface area contributed by atoms with Gasteiger partial charge in [0.05, 0.1) is 0 Å². The summed E-state index contributed by atoms with van der Waals surface area (Å²) in [6.45, 7) is 6.22. The smallest absolute Gasteiger partial charge is 0.123 e. The monoisotopic (exact) mass is 271 g/mol. The van der Waals surface area contributed by atoms with Crippen molar-refractivity contribution in [3.63, 3.8) is 0 Å². The van der Waals surface area contributed by atoms with Gasteiger partial charge in [0.15, 0.2) is 0 Å². The van der Waals surface area contributed by atoms with Crippen molar-refractivity contribution in [3.8, 4) is 0 Å². The molecule has 0 spiro atoms. The van der Waals surface area contributed by atoms with Crippen molar-refractivity contribution in [3.05, 3.63) is 70.5 Å². The van der Waals surface area contributed by atoms with Crippen LogP contribution in [0.5, 0.6) is 0 Å². The van der Waals surface area contributed by atoms with Crippen LogP contribution in [-0.4, -0.2) is 0 Å². The Balaban J connectivity index is 2.36. The second kappa shape index (κ2) is 5.76. The standard InChI is InChI=1S/C18H22FN/c1-4-18(20,16-6-5-7-17(19)11-16)12-15-9-13(2)8-14(3)10-15/h5-11H,4,12,20H2,1-3H3. The Morgan fingerprint density at radius 1 is 1.05 bits per heavy atom. The molecule has 20 heavy (non-hydrogen) atoms. The normalized spacial score (nSPS) is 14.1. The number of benzene rings is 2. The minimum atomic E-state index is -0.525. The molecule has 0 saturated carbocycles. The largest absolute Gasteiger partial charge is 0.321 e. The fraction of sp³-hybridized carbons (Fsp3) is 0.333. The molecule has 0 aliphatic carbocycles. The number of nitrogens with two attached hydrogens (primary N) is 1. The molecule has 0 bridgehead atoms. The van der Waals surface area contributed by atoms with E-state index in [1.807, 2.05) is 13.0 Å². The van der Waals surface area contributed by atoms with Crippen LogP contribution in [0.1, 0.15) is 35.6 Å². The average Bonchev–Trinajstić information content (AvgIpc) is 2.37. The second-order valence-electron chi connectivity index (χ2n) is 5.69. The van der Waals surface area contributed by atoms with E-state index in [1.54, 1.807) is 12.1 Å². The van der Waals surface area contributed by atoms with E-state index in [9.17, 15) is 4.39 Å².